The monoisotopic (exact) mass is 275 g/mol. The molecule has 2 N–H and O–H groups in total. The van der Waals surface area contributed by atoms with E-state index >= 15 is 0 Å². The Bertz CT molecular complexity index is 414. The lowest BCUT2D eigenvalue weighted by molar-refractivity contribution is -0.145. The van der Waals surface area contributed by atoms with Crippen molar-refractivity contribution < 1.29 is 19.0 Å². The Labute approximate surface area is 110 Å². The topological polar surface area (TPSA) is 58.6 Å². The first kappa shape index (κ1) is 14.7. The Hall–Kier alpha value is -1.33. The largest absolute Gasteiger partial charge is 0.466 e. The molecule has 0 saturated heterocycles. The molecular formula is C12H15ClFNO3. The number of aliphatic hydroxyl groups excluding tert-OH is 1. The normalized spacial score (nSPS) is 12.0. The maximum absolute atomic E-state index is 12.9. The standard InChI is InChI=1S/C12H15ClFNO3/c1-2-18-12(17)6-9(16)7-15-11-5-8(14)3-4-10(11)13/h3-5,9,15-16H,2,6-7H2,1H3. The second-order valence-electron chi connectivity index (χ2n) is 3.67. The van der Waals surface area contributed by atoms with Gasteiger partial charge < -0.3 is 15.2 Å². The number of benzene rings is 1. The summed E-state index contributed by atoms with van der Waals surface area (Å²) in [5.41, 5.74) is 0.375. The molecule has 4 nitrogen and oxygen atoms in total. The molecule has 0 heterocycles. The summed E-state index contributed by atoms with van der Waals surface area (Å²) in [5.74, 6) is -0.904. The lowest BCUT2D eigenvalue weighted by Gasteiger charge is -2.13. The summed E-state index contributed by atoms with van der Waals surface area (Å²) in [6.45, 7) is 2.05. The van der Waals surface area contributed by atoms with Crippen LogP contribution in [0, 0.1) is 5.82 Å². The number of hydrogen-bond acceptors (Lipinski definition) is 4. The molecular weight excluding hydrogens is 261 g/mol. The zero-order chi connectivity index (χ0) is 13.5. The van der Waals surface area contributed by atoms with Crippen LogP contribution in [0.4, 0.5) is 10.1 Å². The summed E-state index contributed by atoms with van der Waals surface area (Å²) in [7, 11) is 0. The van der Waals surface area contributed by atoms with Crippen LogP contribution in [0.15, 0.2) is 18.2 Å². The van der Waals surface area contributed by atoms with Gasteiger partial charge in [-0.15, -0.1) is 0 Å². The number of hydrogen-bond donors (Lipinski definition) is 2. The van der Waals surface area contributed by atoms with Gasteiger partial charge in [0.15, 0.2) is 0 Å². The third kappa shape index (κ3) is 4.89. The molecule has 18 heavy (non-hydrogen) atoms. The molecule has 0 aromatic heterocycles. The van der Waals surface area contributed by atoms with Crippen molar-refractivity contribution >= 4 is 23.3 Å². The van der Waals surface area contributed by atoms with Crippen LogP contribution < -0.4 is 5.32 Å². The Morgan fingerprint density at radius 3 is 3.00 bits per heavy atom. The summed E-state index contributed by atoms with van der Waals surface area (Å²) >= 11 is 5.83. The Balaban J connectivity index is 2.44. The molecule has 6 heteroatoms. The van der Waals surface area contributed by atoms with Gasteiger partial charge in [0.1, 0.15) is 5.82 Å². The average Bonchev–Trinajstić information content (AvgIpc) is 2.30. The van der Waals surface area contributed by atoms with Gasteiger partial charge in [-0.2, -0.15) is 0 Å². The minimum absolute atomic E-state index is 0.0853. The molecule has 1 rings (SSSR count). The first-order valence-electron chi connectivity index (χ1n) is 5.55. The van der Waals surface area contributed by atoms with E-state index in [9.17, 15) is 14.3 Å². The van der Waals surface area contributed by atoms with Crippen LogP contribution in [0.2, 0.25) is 5.02 Å². The number of anilines is 1. The highest BCUT2D eigenvalue weighted by molar-refractivity contribution is 6.33. The number of nitrogens with one attached hydrogen (secondary N) is 1. The summed E-state index contributed by atoms with van der Waals surface area (Å²) in [6.07, 6.45) is -1.03. The number of ether oxygens (including phenoxy) is 1. The molecule has 0 spiro atoms. The van der Waals surface area contributed by atoms with Crippen molar-refractivity contribution in [1.82, 2.24) is 0 Å². The molecule has 0 aliphatic heterocycles. The molecule has 0 aliphatic carbocycles. The van der Waals surface area contributed by atoms with Gasteiger partial charge >= 0.3 is 5.97 Å². The van der Waals surface area contributed by atoms with Crippen molar-refractivity contribution in [2.24, 2.45) is 0 Å². The molecule has 0 amide bonds. The highest BCUT2D eigenvalue weighted by Gasteiger charge is 2.12. The summed E-state index contributed by atoms with van der Waals surface area (Å²) in [6, 6.07) is 3.87. The highest BCUT2D eigenvalue weighted by Crippen LogP contribution is 2.22. The summed E-state index contributed by atoms with van der Waals surface area (Å²) in [4.78, 5) is 11.1. The molecule has 100 valence electrons. The molecule has 0 saturated carbocycles. The van der Waals surface area contributed by atoms with Crippen molar-refractivity contribution in [2.45, 2.75) is 19.4 Å². The number of carbonyl (C=O) groups excluding carboxylic acids is 1. The predicted octanol–water partition coefficient (Wildman–Crippen LogP) is 2.21. The van der Waals surface area contributed by atoms with Crippen molar-refractivity contribution in [2.75, 3.05) is 18.5 Å². The van der Waals surface area contributed by atoms with Crippen LogP contribution in [0.1, 0.15) is 13.3 Å². The van der Waals surface area contributed by atoms with E-state index in [1.165, 1.54) is 18.2 Å². The number of esters is 1. The second-order valence-corrected chi connectivity index (χ2v) is 4.08. The molecule has 1 aromatic rings. The van der Waals surface area contributed by atoms with Gasteiger partial charge in [-0.3, -0.25) is 4.79 Å². The molecule has 0 radical (unpaired) electrons. The Morgan fingerprint density at radius 1 is 1.61 bits per heavy atom. The fraction of sp³-hybridized carbons (Fsp3) is 0.417. The lowest BCUT2D eigenvalue weighted by Crippen LogP contribution is -2.24. The zero-order valence-electron chi connectivity index (χ0n) is 9.95. The van der Waals surface area contributed by atoms with E-state index < -0.39 is 17.9 Å². The van der Waals surface area contributed by atoms with Crippen LogP contribution in [0.5, 0.6) is 0 Å². The van der Waals surface area contributed by atoms with Crippen LogP contribution >= 0.6 is 11.6 Å². The summed E-state index contributed by atoms with van der Waals surface area (Å²) in [5, 5.41) is 12.7. The number of carbonyl (C=O) groups is 1. The van der Waals surface area contributed by atoms with Gasteiger partial charge in [0.25, 0.3) is 0 Å². The van der Waals surface area contributed by atoms with Gasteiger partial charge in [0.05, 0.1) is 29.8 Å². The number of rotatable bonds is 6. The van der Waals surface area contributed by atoms with Crippen LogP contribution in [0.25, 0.3) is 0 Å². The van der Waals surface area contributed by atoms with Gasteiger partial charge in [-0.1, -0.05) is 11.6 Å². The molecule has 1 unspecified atom stereocenters. The SMILES string of the molecule is CCOC(=O)CC(O)CNc1cc(F)ccc1Cl. The predicted molar refractivity (Wildman–Crippen MR) is 67.2 cm³/mol. The minimum atomic E-state index is -0.914. The van der Waals surface area contributed by atoms with E-state index in [0.29, 0.717) is 10.7 Å². The third-order valence-corrected chi connectivity index (χ3v) is 2.49. The Morgan fingerprint density at radius 2 is 2.33 bits per heavy atom. The number of aliphatic hydroxyl groups is 1. The fourth-order valence-electron chi connectivity index (χ4n) is 1.35. The lowest BCUT2D eigenvalue weighted by atomic mass is 10.2. The maximum atomic E-state index is 12.9. The van der Waals surface area contributed by atoms with Gasteiger partial charge in [0.2, 0.25) is 0 Å². The number of halogens is 2. The van der Waals surface area contributed by atoms with Crippen molar-refractivity contribution in [1.29, 1.82) is 0 Å². The smallest absolute Gasteiger partial charge is 0.308 e. The van der Waals surface area contributed by atoms with E-state index in [4.69, 9.17) is 16.3 Å². The first-order chi connectivity index (χ1) is 8.52. The summed E-state index contributed by atoms with van der Waals surface area (Å²) < 4.78 is 17.6. The van der Waals surface area contributed by atoms with Gasteiger partial charge in [-0.25, -0.2) is 4.39 Å². The average molecular weight is 276 g/mol. The van der Waals surface area contributed by atoms with E-state index in [1.54, 1.807) is 6.92 Å². The Kier molecular flexibility index (Phi) is 5.88. The van der Waals surface area contributed by atoms with E-state index in [0.717, 1.165) is 0 Å². The van der Waals surface area contributed by atoms with E-state index in [1.807, 2.05) is 0 Å². The molecule has 0 bridgehead atoms. The fourth-order valence-corrected chi connectivity index (χ4v) is 1.53. The van der Waals surface area contributed by atoms with Gasteiger partial charge in [-0.05, 0) is 25.1 Å². The second kappa shape index (κ2) is 7.18. The third-order valence-electron chi connectivity index (χ3n) is 2.16. The van der Waals surface area contributed by atoms with Crippen LogP contribution in [-0.2, 0) is 9.53 Å². The molecule has 1 aromatic carbocycles. The first-order valence-corrected chi connectivity index (χ1v) is 5.93. The molecule has 1 atom stereocenters. The van der Waals surface area contributed by atoms with E-state index in [-0.39, 0.29) is 19.6 Å². The van der Waals surface area contributed by atoms with Crippen molar-refractivity contribution in [3.63, 3.8) is 0 Å². The van der Waals surface area contributed by atoms with Crippen LogP contribution in [-0.4, -0.2) is 30.3 Å². The maximum Gasteiger partial charge on any atom is 0.308 e. The highest BCUT2D eigenvalue weighted by atomic mass is 35.5. The van der Waals surface area contributed by atoms with Crippen molar-refractivity contribution in [3.05, 3.63) is 29.0 Å². The zero-order valence-corrected chi connectivity index (χ0v) is 10.7. The quantitative estimate of drug-likeness (QED) is 0.782. The molecule has 0 aliphatic rings. The molecule has 0 fully saturated rings. The minimum Gasteiger partial charge on any atom is -0.466 e. The van der Waals surface area contributed by atoms with Crippen LogP contribution in [0.3, 0.4) is 0 Å². The van der Waals surface area contributed by atoms with Crippen molar-refractivity contribution in [3.8, 4) is 0 Å². The van der Waals surface area contributed by atoms with Gasteiger partial charge in [0, 0.05) is 6.54 Å². The van der Waals surface area contributed by atoms with E-state index in [2.05, 4.69) is 5.32 Å².